The third kappa shape index (κ3) is 3.18. The minimum Gasteiger partial charge on any atom is -0.383 e. The fourth-order valence-corrected chi connectivity index (χ4v) is 3.98. The molecule has 0 saturated heterocycles. The van der Waals surface area contributed by atoms with E-state index < -0.39 is 0 Å². The summed E-state index contributed by atoms with van der Waals surface area (Å²) in [5, 5.41) is 7.24. The van der Waals surface area contributed by atoms with Gasteiger partial charge in [-0.2, -0.15) is 0 Å². The monoisotopic (exact) mass is 282 g/mol. The third-order valence-corrected chi connectivity index (χ3v) is 5.11. The summed E-state index contributed by atoms with van der Waals surface area (Å²) in [6, 6.07) is 0. The zero-order chi connectivity index (χ0) is 13.9. The number of nitrogens with zero attached hydrogens (tertiary/aromatic N) is 1. The van der Waals surface area contributed by atoms with Crippen LogP contribution in [0.1, 0.15) is 56.7 Å². The predicted molar refractivity (Wildman–Crippen MR) is 80.8 cm³/mol. The third-order valence-electron chi connectivity index (χ3n) is 4.07. The van der Waals surface area contributed by atoms with Gasteiger partial charge in [0.05, 0.1) is 17.8 Å². The Morgan fingerprint density at radius 2 is 2.26 bits per heavy atom. The van der Waals surface area contributed by atoms with Gasteiger partial charge in [0.15, 0.2) is 0 Å². The van der Waals surface area contributed by atoms with E-state index in [0.717, 1.165) is 25.5 Å². The molecule has 1 atom stereocenters. The number of ether oxygens (including phenoxy) is 1. The summed E-state index contributed by atoms with van der Waals surface area (Å²) in [4.78, 5) is 4.91. The minimum absolute atomic E-state index is 0.0797. The molecule has 0 spiro atoms. The summed E-state index contributed by atoms with van der Waals surface area (Å²) in [6.07, 6.45) is 3.75. The highest BCUT2D eigenvalue weighted by Crippen LogP contribution is 2.48. The van der Waals surface area contributed by atoms with E-state index in [2.05, 4.69) is 31.5 Å². The van der Waals surface area contributed by atoms with Gasteiger partial charge in [-0.15, -0.1) is 11.3 Å². The fraction of sp³-hybridized carbons (Fsp3) is 0.800. The molecule has 1 unspecified atom stereocenters. The molecule has 0 amide bonds. The van der Waals surface area contributed by atoms with Crippen molar-refractivity contribution in [1.29, 1.82) is 0 Å². The Labute approximate surface area is 120 Å². The summed E-state index contributed by atoms with van der Waals surface area (Å²) in [5.41, 5.74) is 1.31. The Morgan fingerprint density at radius 3 is 2.74 bits per heavy atom. The molecule has 108 valence electrons. The Hall–Kier alpha value is -0.450. The molecule has 1 aliphatic carbocycles. The van der Waals surface area contributed by atoms with Crippen LogP contribution >= 0.6 is 11.3 Å². The van der Waals surface area contributed by atoms with E-state index in [-0.39, 0.29) is 5.54 Å². The van der Waals surface area contributed by atoms with E-state index in [1.807, 2.05) is 11.3 Å². The number of hydrogen-bond acceptors (Lipinski definition) is 4. The summed E-state index contributed by atoms with van der Waals surface area (Å²) < 4.78 is 5.18. The van der Waals surface area contributed by atoms with Crippen molar-refractivity contribution in [3.05, 3.63) is 16.1 Å². The van der Waals surface area contributed by atoms with Gasteiger partial charge in [0, 0.05) is 19.0 Å². The Kier molecular flexibility index (Phi) is 4.98. The second-order valence-electron chi connectivity index (χ2n) is 5.75. The van der Waals surface area contributed by atoms with Crippen molar-refractivity contribution in [2.75, 3.05) is 20.3 Å². The molecule has 2 rings (SSSR count). The van der Waals surface area contributed by atoms with Crippen LogP contribution in [0.5, 0.6) is 0 Å². The van der Waals surface area contributed by atoms with Crippen molar-refractivity contribution < 1.29 is 4.74 Å². The first-order valence-electron chi connectivity index (χ1n) is 7.34. The average Bonchev–Trinajstić information content (AvgIpc) is 3.12. The highest BCUT2D eigenvalue weighted by Gasteiger charge is 2.46. The molecule has 1 heterocycles. The van der Waals surface area contributed by atoms with Gasteiger partial charge in [0.1, 0.15) is 5.01 Å². The number of hydrogen-bond donors (Lipinski definition) is 1. The fourth-order valence-electron chi connectivity index (χ4n) is 2.67. The molecule has 0 aliphatic heterocycles. The van der Waals surface area contributed by atoms with Crippen LogP contribution in [-0.2, 0) is 10.3 Å². The SMILES string of the molecule is CCC(NCCOC)(c1nc(C(C)C)cs1)C1CC1. The van der Waals surface area contributed by atoms with Crippen molar-refractivity contribution in [2.24, 2.45) is 5.92 Å². The molecular weight excluding hydrogens is 256 g/mol. The van der Waals surface area contributed by atoms with Crippen LogP contribution in [0.25, 0.3) is 0 Å². The van der Waals surface area contributed by atoms with Crippen LogP contribution in [0.2, 0.25) is 0 Å². The van der Waals surface area contributed by atoms with Crippen LogP contribution in [0.3, 0.4) is 0 Å². The first-order chi connectivity index (χ1) is 9.14. The molecule has 1 aliphatic rings. The highest BCUT2D eigenvalue weighted by molar-refractivity contribution is 7.09. The topological polar surface area (TPSA) is 34.1 Å². The van der Waals surface area contributed by atoms with Crippen molar-refractivity contribution in [2.45, 2.75) is 51.5 Å². The zero-order valence-electron chi connectivity index (χ0n) is 12.5. The van der Waals surface area contributed by atoms with Crippen LogP contribution in [-0.4, -0.2) is 25.2 Å². The number of rotatable bonds is 8. The second kappa shape index (κ2) is 6.33. The number of methoxy groups -OCH3 is 1. The summed E-state index contributed by atoms with van der Waals surface area (Å²) >= 11 is 1.82. The van der Waals surface area contributed by atoms with Crippen molar-refractivity contribution >= 4 is 11.3 Å². The van der Waals surface area contributed by atoms with Gasteiger partial charge in [-0.25, -0.2) is 4.98 Å². The van der Waals surface area contributed by atoms with Gasteiger partial charge in [-0.05, 0) is 31.1 Å². The molecule has 19 heavy (non-hydrogen) atoms. The van der Waals surface area contributed by atoms with E-state index >= 15 is 0 Å². The lowest BCUT2D eigenvalue weighted by atomic mass is 9.90. The summed E-state index contributed by atoms with van der Waals surface area (Å²) in [6.45, 7) is 8.35. The zero-order valence-corrected chi connectivity index (χ0v) is 13.3. The first kappa shape index (κ1) is 14.9. The maximum Gasteiger partial charge on any atom is 0.113 e. The van der Waals surface area contributed by atoms with Gasteiger partial charge in [-0.1, -0.05) is 20.8 Å². The van der Waals surface area contributed by atoms with E-state index in [0.29, 0.717) is 5.92 Å². The standard InChI is InChI=1S/C15H26N2OS/c1-5-15(12-6-7-12,16-8-9-18-4)14-17-13(10-19-14)11(2)3/h10-12,16H,5-9H2,1-4H3. The Morgan fingerprint density at radius 1 is 1.53 bits per heavy atom. The van der Waals surface area contributed by atoms with Gasteiger partial charge in [0.2, 0.25) is 0 Å². The lowest BCUT2D eigenvalue weighted by Gasteiger charge is -2.32. The number of aromatic nitrogens is 1. The van der Waals surface area contributed by atoms with Crippen LogP contribution in [0.4, 0.5) is 0 Å². The first-order valence-corrected chi connectivity index (χ1v) is 8.22. The molecule has 0 radical (unpaired) electrons. The largest absolute Gasteiger partial charge is 0.383 e. The molecule has 1 fully saturated rings. The molecule has 1 saturated carbocycles. The molecule has 0 aromatic carbocycles. The number of thiazole rings is 1. The molecule has 0 bridgehead atoms. The Bertz CT molecular complexity index is 401. The predicted octanol–water partition coefficient (Wildman–Crippen LogP) is 3.52. The quantitative estimate of drug-likeness (QED) is 0.741. The normalized spacial score (nSPS) is 18.8. The van der Waals surface area contributed by atoms with E-state index in [1.54, 1.807) is 7.11 Å². The highest BCUT2D eigenvalue weighted by atomic mass is 32.1. The molecular formula is C15H26N2OS. The Balaban J connectivity index is 2.19. The van der Waals surface area contributed by atoms with Crippen LogP contribution < -0.4 is 5.32 Å². The van der Waals surface area contributed by atoms with E-state index in [9.17, 15) is 0 Å². The van der Waals surface area contributed by atoms with Gasteiger partial charge >= 0.3 is 0 Å². The van der Waals surface area contributed by atoms with Gasteiger partial charge < -0.3 is 10.1 Å². The van der Waals surface area contributed by atoms with Crippen molar-refractivity contribution in [3.63, 3.8) is 0 Å². The molecule has 4 heteroatoms. The lowest BCUT2D eigenvalue weighted by molar-refractivity contribution is 0.174. The lowest BCUT2D eigenvalue weighted by Crippen LogP contribution is -2.45. The minimum atomic E-state index is 0.0797. The maximum absolute atomic E-state index is 5.18. The molecule has 1 aromatic heterocycles. The molecule has 1 N–H and O–H groups in total. The second-order valence-corrected chi connectivity index (χ2v) is 6.61. The maximum atomic E-state index is 5.18. The number of nitrogens with one attached hydrogen (secondary N) is 1. The average molecular weight is 282 g/mol. The van der Waals surface area contributed by atoms with E-state index in [1.165, 1.54) is 23.5 Å². The van der Waals surface area contributed by atoms with Crippen molar-refractivity contribution in [1.82, 2.24) is 10.3 Å². The summed E-state index contributed by atoms with van der Waals surface area (Å²) in [7, 11) is 1.76. The van der Waals surface area contributed by atoms with Crippen molar-refractivity contribution in [3.8, 4) is 0 Å². The summed E-state index contributed by atoms with van der Waals surface area (Å²) in [5.74, 6) is 1.26. The smallest absolute Gasteiger partial charge is 0.113 e. The van der Waals surface area contributed by atoms with Crippen LogP contribution in [0, 0.1) is 5.92 Å². The van der Waals surface area contributed by atoms with Gasteiger partial charge in [0.25, 0.3) is 0 Å². The van der Waals surface area contributed by atoms with Gasteiger partial charge in [-0.3, -0.25) is 0 Å². The van der Waals surface area contributed by atoms with Crippen LogP contribution in [0.15, 0.2) is 5.38 Å². The van der Waals surface area contributed by atoms with E-state index in [4.69, 9.17) is 9.72 Å². The molecule has 3 nitrogen and oxygen atoms in total. The molecule has 1 aromatic rings.